The van der Waals surface area contributed by atoms with E-state index in [2.05, 4.69) is 17.3 Å². The average molecular weight is 268 g/mol. The average Bonchev–Trinajstić information content (AvgIpc) is 2.55. The molecule has 1 rings (SSSR count). The van der Waals surface area contributed by atoms with Crippen LogP contribution in [0.15, 0.2) is 0 Å². The van der Waals surface area contributed by atoms with Crippen molar-refractivity contribution in [1.82, 2.24) is 9.78 Å². The highest BCUT2D eigenvalue weighted by atomic mass is 16.6. The van der Waals surface area contributed by atoms with E-state index in [4.69, 9.17) is 0 Å². The minimum absolute atomic E-state index is 0.0245. The third kappa shape index (κ3) is 3.45. The Bertz CT molecular complexity index is 463. The van der Waals surface area contributed by atoms with Crippen molar-refractivity contribution < 1.29 is 4.92 Å². The molecule has 6 heteroatoms. The van der Waals surface area contributed by atoms with E-state index >= 15 is 0 Å². The van der Waals surface area contributed by atoms with E-state index in [0.29, 0.717) is 11.5 Å². The van der Waals surface area contributed by atoms with Crippen LogP contribution in [0.2, 0.25) is 0 Å². The first kappa shape index (κ1) is 15.5. The molecular formula is C13H24N4O2. The maximum absolute atomic E-state index is 11.3. The summed E-state index contributed by atoms with van der Waals surface area (Å²) in [6.07, 6.45) is 1.95. The van der Waals surface area contributed by atoms with Gasteiger partial charge in [0.25, 0.3) is 0 Å². The molecule has 0 spiro atoms. The molecular weight excluding hydrogens is 244 g/mol. The minimum Gasteiger partial charge on any atom is -0.360 e. The van der Waals surface area contributed by atoms with Crippen LogP contribution in [0.3, 0.4) is 0 Å². The van der Waals surface area contributed by atoms with Gasteiger partial charge in [-0.1, -0.05) is 27.2 Å². The molecule has 0 radical (unpaired) electrons. The van der Waals surface area contributed by atoms with Gasteiger partial charge in [0, 0.05) is 18.5 Å². The third-order valence-electron chi connectivity index (χ3n) is 3.11. The second-order valence-electron chi connectivity index (χ2n) is 5.88. The maximum Gasteiger partial charge on any atom is 0.334 e. The Morgan fingerprint density at radius 3 is 2.47 bits per heavy atom. The highest BCUT2D eigenvalue weighted by molar-refractivity contribution is 5.61. The van der Waals surface area contributed by atoms with E-state index in [-0.39, 0.29) is 22.1 Å². The van der Waals surface area contributed by atoms with Crippen molar-refractivity contribution in [3.63, 3.8) is 0 Å². The van der Waals surface area contributed by atoms with E-state index in [1.165, 1.54) is 0 Å². The molecule has 0 saturated heterocycles. The zero-order valence-electron chi connectivity index (χ0n) is 12.6. The predicted molar refractivity (Wildman–Crippen MR) is 76.6 cm³/mol. The van der Waals surface area contributed by atoms with Crippen LogP contribution in [0.1, 0.15) is 59.1 Å². The van der Waals surface area contributed by atoms with Crippen molar-refractivity contribution in [3.05, 3.63) is 15.8 Å². The lowest BCUT2D eigenvalue weighted by atomic mass is 9.99. The number of aryl methyl sites for hydroxylation is 1. The summed E-state index contributed by atoms with van der Waals surface area (Å²) < 4.78 is 1.57. The Hall–Kier alpha value is -1.59. The molecule has 1 N–H and O–H groups in total. The number of anilines is 1. The molecule has 6 nitrogen and oxygen atoms in total. The Kier molecular flexibility index (Phi) is 4.55. The largest absolute Gasteiger partial charge is 0.360 e. The predicted octanol–water partition coefficient (Wildman–Crippen LogP) is 3.44. The second kappa shape index (κ2) is 5.59. The summed E-state index contributed by atoms with van der Waals surface area (Å²) in [4.78, 5) is 11.0. The Morgan fingerprint density at radius 1 is 1.47 bits per heavy atom. The maximum atomic E-state index is 11.3. The standard InChI is InChI=1S/C13H24N4O2/c1-7-8-13(4,5)14-12-11(17(18)19)10(9(2)3)15-16(12)6/h9,14H,7-8H2,1-6H3. The van der Waals surface area contributed by atoms with Gasteiger partial charge in [0.2, 0.25) is 5.82 Å². The van der Waals surface area contributed by atoms with Crippen LogP contribution >= 0.6 is 0 Å². The van der Waals surface area contributed by atoms with E-state index in [1.807, 2.05) is 27.7 Å². The molecule has 0 unspecified atom stereocenters. The smallest absolute Gasteiger partial charge is 0.334 e. The van der Waals surface area contributed by atoms with Crippen LogP contribution in [0.4, 0.5) is 11.5 Å². The number of rotatable bonds is 6. The second-order valence-corrected chi connectivity index (χ2v) is 5.88. The molecule has 108 valence electrons. The summed E-state index contributed by atoms with van der Waals surface area (Å²) in [6.45, 7) is 10.0. The number of nitrogens with one attached hydrogen (secondary N) is 1. The molecule has 19 heavy (non-hydrogen) atoms. The lowest BCUT2D eigenvalue weighted by molar-refractivity contribution is -0.384. The van der Waals surface area contributed by atoms with Crippen LogP contribution in [-0.4, -0.2) is 20.2 Å². The van der Waals surface area contributed by atoms with Crippen LogP contribution in [0.5, 0.6) is 0 Å². The summed E-state index contributed by atoms with van der Waals surface area (Å²) >= 11 is 0. The van der Waals surface area contributed by atoms with Crippen molar-refractivity contribution in [1.29, 1.82) is 0 Å². The van der Waals surface area contributed by atoms with Gasteiger partial charge in [-0.15, -0.1) is 0 Å². The zero-order valence-corrected chi connectivity index (χ0v) is 12.6. The van der Waals surface area contributed by atoms with Gasteiger partial charge in [-0.25, -0.2) is 4.68 Å². The number of aromatic nitrogens is 2. The first-order valence-electron chi connectivity index (χ1n) is 6.69. The van der Waals surface area contributed by atoms with Gasteiger partial charge in [0.05, 0.1) is 4.92 Å². The topological polar surface area (TPSA) is 73.0 Å². The molecule has 0 amide bonds. The molecule has 0 aromatic carbocycles. The highest BCUT2D eigenvalue weighted by Gasteiger charge is 2.31. The van der Waals surface area contributed by atoms with Crippen LogP contribution in [0, 0.1) is 10.1 Å². The molecule has 0 aliphatic carbocycles. The molecule has 1 aromatic heterocycles. The molecule has 0 fully saturated rings. The van der Waals surface area contributed by atoms with Crippen molar-refractivity contribution in [2.75, 3.05) is 5.32 Å². The molecule has 0 saturated carbocycles. The summed E-state index contributed by atoms with van der Waals surface area (Å²) in [5, 5.41) is 18.9. The van der Waals surface area contributed by atoms with Gasteiger partial charge in [-0.05, 0) is 20.3 Å². The van der Waals surface area contributed by atoms with E-state index in [0.717, 1.165) is 12.8 Å². The molecule has 1 aromatic rings. The zero-order chi connectivity index (χ0) is 14.8. The summed E-state index contributed by atoms with van der Waals surface area (Å²) in [6, 6.07) is 0. The minimum atomic E-state index is -0.341. The number of nitro groups is 1. The van der Waals surface area contributed by atoms with E-state index in [9.17, 15) is 10.1 Å². The number of nitrogens with zero attached hydrogens (tertiary/aromatic N) is 3. The Morgan fingerprint density at radius 2 is 2.05 bits per heavy atom. The summed E-state index contributed by atoms with van der Waals surface area (Å²) in [5.41, 5.74) is 0.436. The Balaban J connectivity index is 3.23. The van der Waals surface area contributed by atoms with E-state index in [1.54, 1.807) is 11.7 Å². The van der Waals surface area contributed by atoms with Crippen molar-refractivity contribution in [3.8, 4) is 0 Å². The normalized spacial score (nSPS) is 11.9. The molecule has 1 heterocycles. The van der Waals surface area contributed by atoms with Crippen molar-refractivity contribution in [2.24, 2.45) is 7.05 Å². The van der Waals surface area contributed by atoms with Crippen LogP contribution < -0.4 is 5.32 Å². The lowest BCUT2D eigenvalue weighted by Gasteiger charge is -2.26. The van der Waals surface area contributed by atoms with E-state index < -0.39 is 0 Å². The van der Waals surface area contributed by atoms with Gasteiger partial charge in [-0.3, -0.25) is 10.1 Å². The Labute approximate surface area is 114 Å². The lowest BCUT2D eigenvalue weighted by Crippen LogP contribution is -2.31. The molecule has 0 aliphatic rings. The highest BCUT2D eigenvalue weighted by Crippen LogP contribution is 2.34. The van der Waals surface area contributed by atoms with Crippen molar-refractivity contribution >= 4 is 11.5 Å². The molecule has 0 bridgehead atoms. The fourth-order valence-electron chi connectivity index (χ4n) is 2.25. The van der Waals surface area contributed by atoms with Crippen LogP contribution in [0.25, 0.3) is 0 Å². The third-order valence-corrected chi connectivity index (χ3v) is 3.11. The van der Waals surface area contributed by atoms with Gasteiger partial charge < -0.3 is 5.32 Å². The van der Waals surface area contributed by atoms with Gasteiger partial charge >= 0.3 is 5.69 Å². The molecule has 0 aliphatic heterocycles. The number of hydrogen-bond donors (Lipinski definition) is 1. The fourth-order valence-corrected chi connectivity index (χ4v) is 2.25. The quantitative estimate of drug-likeness (QED) is 0.633. The van der Waals surface area contributed by atoms with Crippen molar-refractivity contribution in [2.45, 2.75) is 58.9 Å². The summed E-state index contributed by atoms with van der Waals surface area (Å²) in [5.74, 6) is 0.517. The molecule has 0 atom stereocenters. The summed E-state index contributed by atoms with van der Waals surface area (Å²) in [7, 11) is 1.74. The van der Waals surface area contributed by atoms with Crippen LogP contribution in [-0.2, 0) is 7.05 Å². The van der Waals surface area contributed by atoms with Gasteiger partial charge in [0.1, 0.15) is 5.69 Å². The van der Waals surface area contributed by atoms with Gasteiger partial charge in [-0.2, -0.15) is 5.10 Å². The number of hydrogen-bond acceptors (Lipinski definition) is 4. The fraction of sp³-hybridized carbons (Fsp3) is 0.769. The first-order chi connectivity index (χ1) is 8.69. The SMILES string of the molecule is CCCC(C)(C)Nc1c([N+](=O)[O-])c(C(C)C)nn1C. The first-order valence-corrected chi connectivity index (χ1v) is 6.69. The monoisotopic (exact) mass is 268 g/mol. The van der Waals surface area contributed by atoms with Gasteiger partial charge in [0.15, 0.2) is 0 Å².